The third-order valence-electron chi connectivity index (χ3n) is 13.1. The summed E-state index contributed by atoms with van der Waals surface area (Å²) in [5.41, 5.74) is 11.2. The molecule has 548 valence electrons. The number of halogens is 5. The first-order valence-electron chi connectivity index (χ1n) is 30.8. The number of aryl methyl sites for hydroxylation is 2. The van der Waals surface area contributed by atoms with Gasteiger partial charge in [-0.3, -0.25) is 47.9 Å². The molecule has 0 aliphatic carbocycles. The van der Waals surface area contributed by atoms with Gasteiger partial charge in [0, 0.05) is 116 Å². The Hall–Kier alpha value is -9.51. The van der Waals surface area contributed by atoms with E-state index in [1.807, 2.05) is 127 Å². The average Bonchev–Trinajstić information content (AvgIpc) is 0.828. The van der Waals surface area contributed by atoms with E-state index < -0.39 is 23.4 Å². The van der Waals surface area contributed by atoms with E-state index in [1.54, 1.807) is 12.1 Å². The van der Waals surface area contributed by atoms with Crippen molar-refractivity contribution >= 4 is 66.7 Å². The van der Waals surface area contributed by atoms with Crippen LogP contribution in [-0.4, -0.2) is 63.5 Å². The van der Waals surface area contributed by atoms with Gasteiger partial charge < -0.3 is 20.4 Å². The molecule has 0 fully saturated rings. The van der Waals surface area contributed by atoms with Gasteiger partial charge in [-0.2, -0.15) is 13.2 Å². The summed E-state index contributed by atoms with van der Waals surface area (Å²) in [6, 6.07) is 76.1. The van der Waals surface area contributed by atoms with Gasteiger partial charge in [-0.05, 0) is 130 Å². The number of alkyl halides is 3. The number of benzene rings is 8. The first-order valence-corrected chi connectivity index (χ1v) is 30.8. The Bertz CT molecular complexity index is 4790. The normalized spacial score (nSPS) is 10.7. The summed E-state index contributed by atoms with van der Waals surface area (Å²) in [5, 5.41) is 37.8. The zero-order valence-corrected chi connectivity index (χ0v) is 67.5. The molecule has 0 bridgehead atoms. The van der Waals surface area contributed by atoms with Crippen LogP contribution in [0.2, 0.25) is 0 Å². The Morgan fingerprint density at radius 1 is 0.375 bits per heavy atom. The third-order valence-corrected chi connectivity index (χ3v) is 13.1. The minimum absolute atomic E-state index is 0. The van der Waals surface area contributed by atoms with Gasteiger partial charge in [-0.25, -0.2) is 0 Å². The van der Waals surface area contributed by atoms with Crippen molar-refractivity contribution in [1.29, 1.82) is 0 Å². The van der Waals surface area contributed by atoms with E-state index in [0.29, 0.717) is 17.0 Å². The van der Waals surface area contributed by atoms with Gasteiger partial charge in [-0.15, -0.1) is 113 Å². The molecule has 0 aliphatic rings. The van der Waals surface area contributed by atoms with Crippen LogP contribution in [0.3, 0.4) is 0 Å². The van der Waals surface area contributed by atoms with Crippen LogP contribution in [0.4, 0.5) is 22.0 Å². The molecule has 0 spiro atoms. The van der Waals surface area contributed by atoms with Crippen molar-refractivity contribution in [3.8, 4) is 45.0 Å². The fraction of sp³-hybridized carbons (Fsp3) is 0.133. The Morgan fingerprint density at radius 3 is 1.07 bits per heavy atom. The molecule has 4 N–H and O–H groups in total. The van der Waals surface area contributed by atoms with E-state index >= 15 is 0 Å². The standard InChI is InChI=1S/C16H9F3N.2C16H12N.C15H8F2N.4C5H8O2.4Ir/c17-16(18,19)13-8-5-12(6-9-13)15-10-7-11-3-1-2-4-14(11)20-15;1-12-6-2-4-8-14(12)16-11-10-13-7-3-5-9-15(13)17-16;1-12-5-4-7-14(11-12)16-10-9-13-6-2-3-8-15(13)17-16;16-11-6-7-12(13(17)9-11)15-8-5-10-3-1-2-4-14(10)18-15;4*1-4(6)3-5(2)7;;;;/h1-5,7-10H;2-7,9-11H,1H3;2-6,8-11H,1H3;1-6,8-9H;4*3,6H,1-2H3;;;;/q4*-1;;;;;;;;. The summed E-state index contributed by atoms with van der Waals surface area (Å²) in [5.74, 6) is -1.55. The first kappa shape index (κ1) is 92.5. The Balaban J connectivity index is 0.000000613. The van der Waals surface area contributed by atoms with Crippen molar-refractivity contribution < 1.29 is 142 Å². The van der Waals surface area contributed by atoms with E-state index in [-0.39, 0.29) is 132 Å². The maximum atomic E-state index is 13.6. The number of fused-ring (bicyclic) bond motifs is 4. The first-order chi connectivity index (χ1) is 47.4. The molecule has 0 saturated carbocycles. The number of nitrogens with zero attached hydrogens (tertiary/aromatic N) is 4. The number of ketones is 4. The smallest absolute Gasteiger partial charge is 0.381 e. The van der Waals surface area contributed by atoms with Gasteiger partial charge in [0.25, 0.3) is 0 Å². The van der Waals surface area contributed by atoms with Crippen molar-refractivity contribution in [2.75, 3.05) is 0 Å². The molecule has 0 aliphatic heterocycles. The van der Waals surface area contributed by atoms with Crippen molar-refractivity contribution in [2.45, 2.75) is 75.4 Å². The molecule has 4 heterocycles. The van der Waals surface area contributed by atoms with Gasteiger partial charge in [0.1, 0.15) is 0 Å². The van der Waals surface area contributed by atoms with Gasteiger partial charge in [0.2, 0.25) is 0 Å². The van der Waals surface area contributed by atoms with Crippen LogP contribution in [-0.2, 0) is 106 Å². The molecule has 4 aromatic heterocycles. The van der Waals surface area contributed by atoms with Crippen LogP contribution >= 0.6 is 0 Å². The van der Waals surface area contributed by atoms with Crippen LogP contribution in [0.5, 0.6) is 0 Å². The molecule has 12 aromatic rings. The zero-order chi connectivity index (χ0) is 73.5. The van der Waals surface area contributed by atoms with Crippen LogP contribution in [0.25, 0.3) is 88.6 Å². The fourth-order valence-corrected chi connectivity index (χ4v) is 8.95. The number of pyridine rings is 4. The summed E-state index contributed by atoms with van der Waals surface area (Å²) in [7, 11) is 0. The predicted molar refractivity (Wildman–Crippen MR) is 387 cm³/mol. The van der Waals surface area contributed by atoms with Crippen LogP contribution in [0.15, 0.2) is 260 Å². The molecule has 0 amide bonds. The predicted octanol–water partition coefficient (Wildman–Crippen LogP) is 20.9. The number of rotatable bonds is 8. The molecular formula is C83H73F5Ir4N4O8-4. The number of carbonyl (C=O) groups is 4. The summed E-state index contributed by atoms with van der Waals surface area (Å²) >= 11 is 0. The summed E-state index contributed by atoms with van der Waals surface area (Å²) in [4.78, 5) is 58.2. The fourth-order valence-electron chi connectivity index (χ4n) is 8.95. The molecule has 0 saturated heterocycles. The molecule has 12 nitrogen and oxygen atoms in total. The van der Waals surface area contributed by atoms with Crippen LogP contribution in [0, 0.1) is 49.7 Å². The number of hydrogen-bond donors (Lipinski definition) is 4. The molecule has 8 aromatic carbocycles. The molecule has 0 atom stereocenters. The second-order valence-electron chi connectivity index (χ2n) is 22.2. The molecule has 4 radical (unpaired) electrons. The van der Waals surface area contributed by atoms with Crippen LogP contribution < -0.4 is 0 Å². The number of aromatic nitrogens is 4. The van der Waals surface area contributed by atoms with Gasteiger partial charge in [0.05, 0.1) is 45.1 Å². The Kier molecular flexibility index (Phi) is 41.8. The molecule has 0 unspecified atom stereocenters. The number of aliphatic hydroxyl groups excluding tert-OH is 4. The van der Waals surface area contributed by atoms with E-state index in [1.165, 1.54) is 108 Å². The van der Waals surface area contributed by atoms with E-state index in [0.717, 1.165) is 79.6 Å². The number of aliphatic hydroxyl groups is 4. The minimum atomic E-state index is -4.34. The summed E-state index contributed by atoms with van der Waals surface area (Å²) in [6.45, 7) is 15.6. The molecular weight excluding hydrogens is 2040 g/mol. The SMILES string of the molecule is CC(=O)C=C(C)O.CC(=O)C=C(C)O.CC(=O)C=C(C)O.CC(=O)C=C(C)O.Cc1cc[c-]c(-c2ccc3ccccc3n2)c1.Cc1ccc[c-]c1-c1ccc2ccccc2n1.FC(F)(F)c1c[c-]c(-c2ccc3ccccc3n2)cc1.Fc1c[c-]c(-c2ccc3ccccc3n2)c(F)c1.[Ir].[Ir].[Ir].[Ir]. The van der Waals surface area contributed by atoms with Gasteiger partial charge in [-0.1, -0.05) is 147 Å². The molecule has 104 heavy (non-hydrogen) atoms. The van der Waals surface area contributed by atoms with E-state index in [9.17, 15) is 41.1 Å². The summed E-state index contributed by atoms with van der Waals surface area (Å²) in [6.07, 6.45) is 0.325. The van der Waals surface area contributed by atoms with E-state index in [4.69, 9.17) is 20.4 Å². The largest absolute Gasteiger partial charge is 0.512 e. The maximum absolute atomic E-state index is 13.6. The minimum Gasteiger partial charge on any atom is -0.512 e. The molecule has 12 rings (SSSR count). The molecule has 21 heteroatoms. The average molecular weight is 2120 g/mol. The van der Waals surface area contributed by atoms with Crippen molar-refractivity contribution in [2.24, 2.45) is 0 Å². The quantitative estimate of drug-likeness (QED) is 0.0486. The second-order valence-corrected chi connectivity index (χ2v) is 22.2. The zero-order valence-electron chi connectivity index (χ0n) is 58.0. The maximum Gasteiger partial charge on any atom is 0.381 e. The number of carbonyl (C=O) groups excluding carboxylic acids is 4. The number of allylic oxidation sites excluding steroid dienone is 8. The monoisotopic (exact) mass is 2120 g/mol. The van der Waals surface area contributed by atoms with Crippen molar-refractivity contribution in [3.63, 3.8) is 0 Å². The second kappa shape index (κ2) is 47.0. The Labute approximate surface area is 656 Å². The van der Waals surface area contributed by atoms with Gasteiger partial charge in [0.15, 0.2) is 23.1 Å². The van der Waals surface area contributed by atoms with E-state index in [2.05, 4.69) is 101 Å². The topological polar surface area (TPSA) is 201 Å². The summed E-state index contributed by atoms with van der Waals surface area (Å²) < 4.78 is 63.9. The number of hydrogen-bond acceptors (Lipinski definition) is 12. The Morgan fingerprint density at radius 2 is 0.740 bits per heavy atom. The van der Waals surface area contributed by atoms with Crippen molar-refractivity contribution in [1.82, 2.24) is 19.9 Å². The van der Waals surface area contributed by atoms with Crippen LogP contribution in [0.1, 0.15) is 72.1 Å². The van der Waals surface area contributed by atoms with Gasteiger partial charge >= 0.3 is 6.18 Å². The third kappa shape index (κ3) is 33.3. The number of para-hydroxylation sites is 4. The van der Waals surface area contributed by atoms with Crippen molar-refractivity contribution in [3.05, 3.63) is 312 Å².